The van der Waals surface area contributed by atoms with E-state index >= 15 is 0 Å². The molecule has 0 bridgehead atoms. The van der Waals surface area contributed by atoms with Crippen LogP contribution in [0.2, 0.25) is 0 Å². The molecular formula is C16H19N. The Kier molecular flexibility index (Phi) is 3.28. The summed E-state index contributed by atoms with van der Waals surface area (Å²) in [5.74, 6) is 0.668. The first-order valence-corrected chi connectivity index (χ1v) is 6.12. The Bertz CT molecular complexity index is 552. The molecule has 2 aromatic rings. The maximum Gasteiger partial charge on any atom is 0.0712 e. The molecule has 0 N–H and O–H groups in total. The zero-order valence-corrected chi connectivity index (χ0v) is 10.8. The second-order valence-electron chi connectivity index (χ2n) is 5.06. The van der Waals surface area contributed by atoms with Gasteiger partial charge in [-0.15, -0.1) is 0 Å². The fraction of sp³-hybridized carbons (Fsp3) is 0.312. The minimum absolute atomic E-state index is 0.668. The monoisotopic (exact) mass is 225 g/mol. The van der Waals surface area contributed by atoms with E-state index in [0.29, 0.717) is 5.92 Å². The van der Waals surface area contributed by atoms with Crippen LogP contribution < -0.4 is 0 Å². The molecule has 1 nitrogen and oxygen atoms in total. The van der Waals surface area contributed by atoms with Crippen LogP contribution in [0.5, 0.6) is 0 Å². The van der Waals surface area contributed by atoms with Crippen LogP contribution in [0.25, 0.3) is 16.5 Å². The van der Waals surface area contributed by atoms with Crippen molar-refractivity contribution in [2.24, 2.45) is 5.92 Å². The van der Waals surface area contributed by atoms with Crippen molar-refractivity contribution < 1.29 is 0 Å². The maximum atomic E-state index is 4.64. The molecule has 1 heteroatoms. The fourth-order valence-corrected chi connectivity index (χ4v) is 2.07. The lowest BCUT2D eigenvalue weighted by Crippen LogP contribution is -1.96. The molecule has 0 amide bonds. The Morgan fingerprint density at radius 3 is 2.65 bits per heavy atom. The second kappa shape index (κ2) is 4.70. The lowest BCUT2D eigenvalue weighted by molar-refractivity contribution is 0.650. The van der Waals surface area contributed by atoms with Crippen LogP contribution in [0.15, 0.2) is 36.9 Å². The molecule has 0 aliphatic rings. The summed E-state index contributed by atoms with van der Waals surface area (Å²) in [7, 11) is 0. The first-order valence-electron chi connectivity index (χ1n) is 6.12. The van der Waals surface area contributed by atoms with Crippen molar-refractivity contribution in [3.8, 4) is 0 Å². The van der Waals surface area contributed by atoms with Gasteiger partial charge in [0.05, 0.1) is 11.2 Å². The van der Waals surface area contributed by atoms with Gasteiger partial charge in [0.1, 0.15) is 0 Å². The minimum atomic E-state index is 0.668. The second-order valence-corrected chi connectivity index (χ2v) is 5.06. The molecule has 0 aliphatic carbocycles. The normalized spacial score (nSPS) is 11.1. The number of hydrogen-bond acceptors (Lipinski definition) is 1. The van der Waals surface area contributed by atoms with E-state index in [2.05, 4.69) is 55.7 Å². The van der Waals surface area contributed by atoms with Crippen LogP contribution in [-0.4, -0.2) is 4.98 Å². The van der Waals surface area contributed by atoms with Crippen LogP contribution in [0.3, 0.4) is 0 Å². The largest absolute Gasteiger partial charge is 0.248 e. The van der Waals surface area contributed by atoms with Gasteiger partial charge in [-0.2, -0.15) is 0 Å². The van der Waals surface area contributed by atoms with Gasteiger partial charge in [0.25, 0.3) is 0 Å². The zero-order chi connectivity index (χ0) is 12.4. The lowest BCUT2D eigenvalue weighted by Gasteiger charge is -2.09. The number of allylic oxidation sites excluding steroid dienone is 1. The molecule has 1 aromatic heterocycles. The molecular weight excluding hydrogens is 206 g/mol. The standard InChI is InChI=1S/C16H19N/c1-11(2)10-13-6-5-7-16-14(13)8-9-15(17-16)12(3)4/h5-9,11H,3,10H2,1-2,4H3. The summed E-state index contributed by atoms with van der Waals surface area (Å²) in [6, 6.07) is 10.6. The number of benzene rings is 1. The van der Waals surface area contributed by atoms with Crippen molar-refractivity contribution in [1.82, 2.24) is 4.98 Å². The molecule has 0 spiro atoms. The van der Waals surface area contributed by atoms with Gasteiger partial charge in [-0.05, 0) is 42.5 Å². The number of hydrogen-bond donors (Lipinski definition) is 0. The van der Waals surface area contributed by atoms with E-state index in [1.165, 1.54) is 10.9 Å². The first-order chi connectivity index (χ1) is 8.08. The first kappa shape index (κ1) is 11.8. The van der Waals surface area contributed by atoms with Gasteiger partial charge in [-0.25, -0.2) is 4.98 Å². The van der Waals surface area contributed by atoms with Gasteiger partial charge >= 0.3 is 0 Å². The number of fused-ring (bicyclic) bond motifs is 1. The molecule has 88 valence electrons. The molecule has 0 saturated carbocycles. The number of pyridine rings is 1. The Balaban J connectivity index is 2.54. The van der Waals surface area contributed by atoms with Gasteiger partial charge < -0.3 is 0 Å². The van der Waals surface area contributed by atoms with E-state index in [4.69, 9.17) is 0 Å². The highest BCUT2D eigenvalue weighted by atomic mass is 14.7. The van der Waals surface area contributed by atoms with Crippen LogP contribution >= 0.6 is 0 Å². The number of nitrogens with zero attached hydrogens (tertiary/aromatic N) is 1. The quantitative estimate of drug-likeness (QED) is 0.751. The van der Waals surface area contributed by atoms with E-state index in [1.54, 1.807) is 0 Å². The predicted octanol–water partition coefficient (Wildman–Crippen LogP) is 4.47. The Morgan fingerprint density at radius 2 is 2.00 bits per heavy atom. The third-order valence-electron chi connectivity index (χ3n) is 2.89. The minimum Gasteiger partial charge on any atom is -0.248 e. The van der Waals surface area contributed by atoms with Crippen molar-refractivity contribution in [3.63, 3.8) is 0 Å². The molecule has 0 unspecified atom stereocenters. The molecule has 0 saturated heterocycles. The van der Waals surface area contributed by atoms with Crippen LogP contribution in [0, 0.1) is 5.92 Å². The van der Waals surface area contributed by atoms with Gasteiger partial charge in [0, 0.05) is 5.39 Å². The van der Waals surface area contributed by atoms with E-state index in [-0.39, 0.29) is 0 Å². The SMILES string of the molecule is C=C(C)c1ccc2c(CC(C)C)cccc2n1. The Labute approximate surface area is 103 Å². The van der Waals surface area contributed by atoms with Gasteiger partial charge in [0.15, 0.2) is 0 Å². The van der Waals surface area contributed by atoms with Crippen molar-refractivity contribution in [2.45, 2.75) is 27.2 Å². The molecule has 0 aliphatic heterocycles. The van der Waals surface area contributed by atoms with Crippen LogP contribution in [0.4, 0.5) is 0 Å². The summed E-state index contributed by atoms with van der Waals surface area (Å²) in [4.78, 5) is 4.64. The molecule has 17 heavy (non-hydrogen) atoms. The van der Waals surface area contributed by atoms with Crippen molar-refractivity contribution in [3.05, 3.63) is 48.2 Å². The number of aromatic nitrogens is 1. The number of rotatable bonds is 3. The molecule has 0 fully saturated rings. The Hall–Kier alpha value is -1.63. The fourth-order valence-electron chi connectivity index (χ4n) is 2.07. The van der Waals surface area contributed by atoms with Gasteiger partial charge in [-0.1, -0.05) is 38.6 Å². The van der Waals surface area contributed by atoms with Gasteiger partial charge in [0.2, 0.25) is 0 Å². The third-order valence-corrected chi connectivity index (χ3v) is 2.89. The van der Waals surface area contributed by atoms with E-state index in [0.717, 1.165) is 23.2 Å². The summed E-state index contributed by atoms with van der Waals surface area (Å²) in [6.07, 6.45) is 1.10. The smallest absolute Gasteiger partial charge is 0.0712 e. The summed E-state index contributed by atoms with van der Waals surface area (Å²) in [5, 5.41) is 1.27. The maximum absolute atomic E-state index is 4.64. The van der Waals surface area contributed by atoms with Gasteiger partial charge in [-0.3, -0.25) is 0 Å². The van der Waals surface area contributed by atoms with Crippen LogP contribution in [0.1, 0.15) is 32.0 Å². The van der Waals surface area contributed by atoms with Crippen LogP contribution in [-0.2, 0) is 6.42 Å². The van der Waals surface area contributed by atoms with E-state index in [9.17, 15) is 0 Å². The summed E-state index contributed by atoms with van der Waals surface area (Å²) in [5.41, 5.74) is 4.46. The summed E-state index contributed by atoms with van der Waals surface area (Å²) in [6.45, 7) is 10.4. The van der Waals surface area contributed by atoms with Crippen molar-refractivity contribution >= 4 is 16.5 Å². The highest BCUT2D eigenvalue weighted by Crippen LogP contribution is 2.22. The molecule has 1 heterocycles. The third kappa shape index (κ3) is 2.55. The highest BCUT2D eigenvalue weighted by molar-refractivity contribution is 5.83. The Morgan fingerprint density at radius 1 is 1.24 bits per heavy atom. The lowest BCUT2D eigenvalue weighted by atomic mass is 9.98. The molecule has 0 radical (unpaired) electrons. The summed E-state index contributed by atoms with van der Waals surface area (Å²) < 4.78 is 0. The van der Waals surface area contributed by atoms with Crippen molar-refractivity contribution in [2.75, 3.05) is 0 Å². The zero-order valence-electron chi connectivity index (χ0n) is 10.8. The average Bonchev–Trinajstić information content (AvgIpc) is 2.28. The van der Waals surface area contributed by atoms with E-state index < -0.39 is 0 Å². The van der Waals surface area contributed by atoms with E-state index in [1.807, 2.05) is 6.92 Å². The molecule has 0 atom stereocenters. The topological polar surface area (TPSA) is 12.9 Å². The molecule has 1 aromatic carbocycles. The summed E-state index contributed by atoms with van der Waals surface area (Å²) >= 11 is 0. The molecule has 2 rings (SSSR count). The average molecular weight is 225 g/mol. The highest BCUT2D eigenvalue weighted by Gasteiger charge is 2.05. The predicted molar refractivity (Wildman–Crippen MR) is 75.0 cm³/mol. The van der Waals surface area contributed by atoms with Crippen molar-refractivity contribution in [1.29, 1.82) is 0 Å².